The number of nitriles is 1. The molecule has 2 aromatic heterocycles. The van der Waals surface area contributed by atoms with E-state index >= 15 is 0 Å². The maximum Gasteiger partial charge on any atom is 0.282 e. The van der Waals surface area contributed by atoms with Crippen molar-refractivity contribution in [3.63, 3.8) is 0 Å². The number of phenolic OH excluding ortho intramolecular Hbond substituents is 1. The molecular formula is C16H13N3O3S3. The van der Waals surface area contributed by atoms with Crippen LogP contribution in [0.25, 0.3) is 11.3 Å². The smallest absolute Gasteiger partial charge is 0.282 e. The Morgan fingerprint density at radius 1 is 1.28 bits per heavy atom. The Hall–Kier alpha value is -2.28. The Balaban J connectivity index is 2.08. The number of aromatic nitrogens is 2. The van der Waals surface area contributed by atoms with Gasteiger partial charge in [-0.05, 0) is 49.1 Å². The molecule has 2 heterocycles. The molecule has 0 aliphatic rings. The zero-order chi connectivity index (χ0) is 18.2. The number of rotatable bonds is 4. The topological polar surface area (TPSA) is 96.0 Å². The second kappa shape index (κ2) is 6.55. The summed E-state index contributed by atoms with van der Waals surface area (Å²) in [6.45, 7) is 1.83. The summed E-state index contributed by atoms with van der Waals surface area (Å²) < 4.78 is 27.1. The molecule has 3 aromatic rings. The second-order valence-corrected chi connectivity index (χ2v) is 9.00. The fourth-order valence-corrected chi connectivity index (χ4v) is 5.34. The number of thioether (sulfide) groups is 1. The van der Waals surface area contributed by atoms with Crippen molar-refractivity contribution in [2.45, 2.75) is 16.0 Å². The van der Waals surface area contributed by atoms with Crippen LogP contribution in [0, 0.1) is 18.3 Å². The zero-order valence-electron chi connectivity index (χ0n) is 13.3. The van der Waals surface area contributed by atoms with Crippen LogP contribution in [0.1, 0.15) is 10.4 Å². The molecule has 0 unspecified atom stereocenters. The van der Waals surface area contributed by atoms with Gasteiger partial charge in [-0.3, -0.25) is 0 Å². The Kier molecular flexibility index (Phi) is 4.60. The van der Waals surface area contributed by atoms with Crippen molar-refractivity contribution in [3.8, 4) is 23.1 Å². The van der Waals surface area contributed by atoms with Crippen LogP contribution in [0.5, 0.6) is 5.75 Å². The lowest BCUT2D eigenvalue weighted by Crippen LogP contribution is -2.13. The van der Waals surface area contributed by atoms with Crippen LogP contribution in [-0.4, -0.2) is 29.0 Å². The van der Waals surface area contributed by atoms with Crippen LogP contribution in [0.15, 0.2) is 45.6 Å². The van der Waals surface area contributed by atoms with Gasteiger partial charge in [0.2, 0.25) is 0 Å². The highest BCUT2D eigenvalue weighted by molar-refractivity contribution is 8.00. The van der Waals surface area contributed by atoms with Gasteiger partial charge in [0.25, 0.3) is 10.0 Å². The summed E-state index contributed by atoms with van der Waals surface area (Å²) in [5, 5.41) is 22.7. The largest absolute Gasteiger partial charge is 0.508 e. The molecule has 0 fully saturated rings. The van der Waals surface area contributed by atoms with Gasteiger partial charge in [0.15, 0.2) is 0 Å². The normalized spacial score (nSPS) is 11.4. The molecule has 9 heteroatoms. The minimum atomic E-state index is -3.85. The van der Waals surface area contributed by atoms with Crippen molar-refractivity contribution in [1.82, 2.24) is 9.19 Å². The molecule has 1 aromatic carbocycles. The number of hydrogen-bond acceptors (Lipinski definition) is 7. The fraction of sp³-hybridized carbons (Fsp3) is 0.125. The molecule has 0 spiro atoms. The van der Waals surface area contributed by atoms with Gasteiger partial charge in [-0.1, -0.05) is 0 Å². The SMILES string of the molecule is CSc1sc(C#N)c(C)c1-c1ccn(S(=O)(=O)c2ccc(O)cc2)n1. The van der Waals surface area contributed by atoms with E-state index in [2.05, 4.69) is 11.2 Å². The predicted molar refractivity (Wildman–Crippen MR) is 97.5 cm³/mol. The monoisotopic (exact) mass is 391 g/mol. The zero-order valence-corrected chi connectivity index (χ0v) is 15.7. The van der Waals surface area contributed by atoms with Crippen molar-refractivity contribution < 1.29 is 13.5 Å². The van der Waals surface area contributed by atoms with Gasteiger partial charge in [0.1, 0.15) is 16.7 Å². The summed E-state index contributed by atoms with van der Waals surface area (Å²) in [5.41, 5.74) is 2.08. The average molecular weight is 391 g/mol. The predicted octanol–water partition coefficient (Wildman–Crippen LogP) is 3.46. The molecule has 0 aliphatic carbocycles. The summed E-state index contributed by atoms with van der Waals surface area (Å²) in [6.07, 6.45) is 3.28. The Morgan fingerprint density at radius 2 is 1.96 bits per heavy atom. The molecule has 6 nitrogen and oxygen atoms in total. The number of thiophene rings is 1. The maximum atomic E-state index is 12.7. The minimum Gasteiger partial charge on any atom is -0.508 e. The molecule has 3 rings (SSSR count). The Labute approximate surface area is 153 Å². The van der Waals surface area contributed by atoms with Gasteiger partial charge in [0, 0.05) is 11.8 Å². The van der Waals surface area contributed by atoms with Gasteiger partial charge in [-0.15, -0.1) is 23.1 Å². The van der Waals surface area contributed by atoms with E-state index in [1.165, 1.54) is 53.6 Å². The van der Waals surface area contributed by atoms with E-state index in [0.717, 1.165) is 19.4 Å². The first-order valence-corrected chi connectivity index (χ1v) is 10.5. The molecule has 0 radical (unpaired) electrons. The van der Waals surface area contributed by atoms with Crippen LogP contribution >= 0.6 is 23.1 Å². The molecule has 1 N–H and O–H groups in total. The highest BCUT2D eigenvalue weighted by Crippen LogP contribution is 2.40. The van der Waals surface area contributed by atoms with E-state index in [1.54, 1.807) is 6.07 Å². The lowest BCUT2D eigenvalue weighted by Gasteiger charge is -2.04. The van der Waals surface area contributed by atoms with E-state index in [0.29, 0.717) is 10.6 Å². The standard InChI is InChI=1S/C16H13N3O3S3/c1-10-14(9-17)24-16(23-2)15(10)13-7-8-19(18-13)25(21,22)12-5-3-11(20)4-6-12/h3-8,20H,1-2H3. The fourth-order valence-electron chi connectivity index (χ4n) is 2.33. The van der Waals surface area contributed by atoms with Crippen molar-refractivity contribution in [1.29, 1.82) is 5.26 Å². The molecule has 0 aliphatic heterocycles. The molecule has 0 amide bonds. The molecule has 25 heavy (non-hydrogen) atoms. The maximum absolute atomic E-state index is 12.7. The number of benzene rings is 1. The Morgan fingerprint density at radius 3 is 2.56 bits per heavy atom. The number of hydrogen-bond donors (Lipinski definition) is 1. The van der Waals surface area contributed by atoms with Crippen LogP contribution in [0.3, 0.4) is 0 Å². The summed E-state index contributed by atoms with van der Waals surface area (Å²) in [7, 11) is -3.85. The lowest BCUT2D eigenvalue weighted by molar-refractivity contribution is 0.474. The lowest BCUT2D eigenvalue weighted by atomic mass is 10.1. The third kappa shape index (κ3) is 3.04. The third-order valence-corrected chi connectivity index (χ3v) is 7.48. The van der Waals surface area contributed by atoms with Gasteiger partial charge in [-0.25, -0.2) is 0 Å². The van der Waals surface area contributed by atoms with E-state index in [-0.39, 0.29) is 10.6 Å². The van der Waals surface area contributed by atoms with E-state index in [9.17, 15) is 18.8 Å². The first-order valence-electron chi connectivity index (χ1n) is 7.06. The molecule has 128 valence electrons. The van der Waals surface area contributed by atoms with Crippen molar-refractivity contribution in [2.24, 2.45) is 0 Å². The number of aromatic hydroxyl groups is 1. The Bertz CT molecular complexity index is 1070. The average Bonchev–Trinajstić information content (AvgIpc) is 3.19. The van der Waals surface area contributed by atoms with Crippen LogP contribution in [0.4, 0.5) is 0 Å². The second-order valence-electron chi connectivity index (χ2n) is 5.11. The summed E-state index contributed by atoms with van der Waals surface area (Å²) in [4.78, 5) is 0.625. The van der Waals surface area contributed by atoms with E-state index in [4.69, 9.17) is 0 Å². The first-order chi connectivity index (χ1) is 11.9. The van der Waals surface area contributed by atoms with Crippen molar-refractivity contribution >= 4 is 33.1 Å². The summed E-state index contributed by atoms with van der Waals surface area (Å²) in [6, 6.07) is 9.04. The molecule has 0 saturated carbocycles. The van der Waals surface area contributed by atoms with E-state index < -0.39 is 10.0 Å². The van der Waals surface area contributed by atoms with Crippen LogP contribution in [0.2, 0.25) is 0 Å². The molecule has 0 saturated heterocycles. The number of phenols is 1. The van der Waals surface area contributed by atoms with E-state index in [1.807, 2.05) is 13.2 Å². The minimum absolute atomic E-state index is 0.0114. The quantitative estimate of drug-likeness (QED) is 0.684. The van der Waals surface area contributed by atoms with Crippen molar-refractivity contribution in [3.05, 3.63) is 47.0 Å². The van der Waals surface area contributed by atoms with Gasteiger partial charge < -0.3 is 5.11 Å². The van der Waals surface area contributed by atoms with Gasteiger partial charge >= 0.3 is 0 Å². The molecule has 0 bridgehead atoms. The molecular weight excluding hydrogens is 378 g/mol. The first kappa shape index (κ1) is 17.5. The highest BCUT2D eigenvalue weighted by Gasteiger charge is 2.22. The molecule has 0 atom stereocenters. The van der Waals surface area contributed by atoms with Crippen LogP contribution < -0.4 is 0 Å². The van der Waals surface area contributed by atoms with Gasteiger partial charge in [0.05, 0.1) is 14.8 Å². The summed E-state index contributed by atoms with van der Waals surface area (Å²) >= 11 is 2.87. The van der Waals surface area contributed by atoms with Crippen molar-refractivity contribution in [2.75, 3.05) is 6.26 Å². The third-order valence-electron chi connectivity index (χ3n) is 3.60. The van der Waals surface area contributed by atoms with Crippen LogP contribution in [-0.2, 0) is 10.0 Å². The number of nitrogens with zero attached hydrogens (tertiary/aromatic N) is 3. The highest BCUT2D eigenvalue weighted by atomic mass is 32.2. The van der Waals surface area contributed by atoms with Gasteiger partial charge in [-0.2, -0.15) is 22.9 Å². The summed E-state index contributed by atoms with van der Waals surface area (Å²) in [5.74, 6) is -0.0114.